The molecule has 1 saturated heterocycles. The van der Waals surface area contributed by atoms with Crippen molar-refractivity contribution in [3.8, 4) is 16.9 Å². The van der Waals surface area contributed by atoms with Crippen LogP contribution in [0.5, 0.6) is 5.75 Å². The molecule has 1 amide bonds. The monoisotopic (exact) mass is 526 g/mol. The van der Waals surface area contributed by atoms with E-state index in [1.54, 1.807) is 6.07 Å². The zero-order chi connectivity index (χ0) is 27.1. The molecule has 7 heteroatoms. The van der Waals surface area contributed by atoms with E-state index < -0.39 is 5.97 Å². The highest BCUT2D eigenvalue weighted by Crippen LogP contribution is 2.60. The van der Waals surface area contributed by atoms with Crippen LogP contribution in [0, 0.1) is 18.7 Å². The number of halogens is 1. The lowest BCUT2D eigenvalue weighted by atomic mass is 10.0. The molecule has 2 fully saturated rings. The number of fused-ring (bicyclic) bond motifs is 3. The summed E-state index contributed by atoms with van der Waals surface area (Å²) in [6.45, 7) is 3.77. The van der Waals surface area contributed by atoms with Crippen LogP contribution in [0.4, 0.5) is 4.39 Å². The summed E-state index contributed by atoms with van der Waals surface area (Å²) in [6, 6.07) is 14.8. The van der Waals surface area contributed by atoms with E-state index in [2.05, 4.69) is 0 Å². The average Bonchev–Trinajstić information content (AvgIpc) is 3.28. The van der Waals surface area contributed by atoms with Crippen LogP contribution in [0.1, 0.15) is 59.7 Å². The third-order valence-corrected chi connectivity index (χ3v) is 8.10. The summed E-state index contributed by atoms with van der Waals surface area (Å²) < 4.78 is 20.6. The third kappa shape index (κ3) is 5.05. The fourth-order valence-electron chi connectivity index (χ4n) is 5.96. The molecule has 1 aromatic heterocycles. The molecule has 0 bridgehead atoms. The number of rotatable bonds is 10. The number of carbonyl (C=O) groups excluding carboxylic acids is 1. The van der Waals surface area contributed by atoms with Crippen LogP contribution in [-0.2, 0) is 22.6 Å². The van der Waals surface area contributed by atoms with E-state index in [-0.39, 0.29) is 30.2 Å². The molecule has 2 aromatic carbocycles. The molecule has 1 saturated carbocycles. The van der Waals surface area contributed by atoms with E-state index in [0.29, 0.717) is 17.7 Å². The van der Waals surface area contributed by atoms with Gasteiger partial charge in [-0.05, 0) is 85.2 Å². The molecular formula is C32H31FN2O4. The number of aryl methyl sites for hydroxylation is 2. The Morgan fingerprint density at radius 1 is 1.15 bits per heavy atom. The number of nitrogens with zero attached hydrogens (tertiary/aromatic N) is 2. The van der Waals surface area contributed by atoms with E-state index in [1.165, 1.54) is 6.07 Å². The van der Waals surface area contributed by atoms with Gasteiger partial charge in [0, 0.05) is 47.9 Å². The minimum atomic E-state index is -0.778. The largest absolute Gasteiger partial charge is 0.489 e. The van der Waals surface area contributed by atoms with Crippen LogP contribution < -0.4 is 4.74 Å². The molecule has 0 spiro atoms. The van der Waals surface area contributed by atoms with Crippen molar-refractivity contribution in [1.29, 1.82) is 0 Å². The number of carboxylic acid groups (broad SMARTS) is 1. The molecule has 39 heavy (non-hydrogen) atoms. The van der Waals surface area contributed by atoms with Gasteiger partial charge in [-0.3, -0.25) is 14.6 Å². The lowest BCUT2D eigenvalue weighted by Gasteiger charge is -2.15. The summed E-state index contributed by atoms with van der Waals surface area (Å²) in [4.78, 5) is 29.8. The van der Waals surface area contributed by atoms with Gasteiger partial charge in [0.05, 0.1) is 5.92 Å². The molecule has 6 rings (SSSR count). The number of aromatic nitrogens is 1. The van der Waals surface area contributed by atoms with Crippen molar-refractivity contribution in [2.75, 3.05) is 13.1 Å². The number of carboxylic acids is 1. The second kappa shape index (κ2) is 10.3. The summed E-state index contributed by atoms with van der Waals surface area (Å²) in [5.41, 5.74) is 7.16. The van der Waals surface area contributed by atoms with Crippen LogP contribution in [-0.4, -0.2) is 40.0 Å². The molecule has 0 unspecified atom stereocenters. The highest BCUT2D eigenvalue weighted by atomic mass is 19.1. The molecule has 6 nitrogen and oxygen atoms in total. The number of unbranched alkanes of at least 4 members (excludes halogenated alkanes) is 1. The smallest absolute Gasteiger partial charge is 0.311 e. The third-order valence-electron chi connectivity index (χ3n) is 8.10. The topological polar surface area (TPSA) is 79.7 Å². The van der Waals surface area contributed by atoms with Gasteiger partial charge in [0.15, 0.2) is 0 Å². The van der Waals surface area contributed by atoms with Gasteiger partial charge >= 0.3 is 5.97 Å². The van der Waals surface area contributed by atoms with Gasteiger partial charge in [-0.1, -0.05) is 24.3 Å². The van der Waals surface area contributed by atoms with Crippen LogP contribution in [0.3, 0.4) is 0 Å². The Morgan fingerprint density at radius 2 is 2.03 bits per heavy atom. The highest BCUT2D eigenvalue weighted by molar-refractivity contribution is 5.91. The molecule has 1 N–H and O–H groups in total. The van der Waals surface area contributed by atoms with Gasteiger partial charge < -0.3 is 14.7 Å². The Bertz CT molecular complexity index is 1500. The normalized spacial score (nSPS) is 19.1. The second-order valence-electron chi connectivity index (χ2n) is 10.7. The number of likely N-dealkylation sites (tertiary alicyclic amines) is 1. The van der Waals surface area contributed by atoms with Gasteiger partial charge in [-0.15, -0.1) is 0 Å². The maximum Gasteiger partial charge on any atom is 0.311 e. The van der Waals surface area contributed by atoms with E-state index in [1.807, 2.05) is 54.3 Å². The maximum absolute atomic E-state index is 14.7. The minimum absolute atomic E-state index is 0.00971. The van der Waals surface area contributed by atoms with Crippen molar-refractivity contribution in [3.05, 3.63) is 88.0 Å². The second-order valence-corrected chi connectivity index (χ2v) is 10.7. The van der Waals surface area contributed by atoms with Crippen LogP contribution in [0.25, 0.3) is 17.2 Å². The van der Waals surface area contributed by atoms with Gasteiger partial charge in [0.25, 0.3) is 0 Å². The number of benzene rings is 2. The predicted molar refractivity (Wildman–Crippen MR) is 146 cm³/mol. The van der Waals surface area contributed by atoms with Gasteiger partial charge in [-0.25, -0.2) is 4.39 Å². The molecule has 1 aliphatic heterocycles. The number of ether oxygens (including phenoxy) is 1. The zero-order valence-electron chi connectivity index (χ0n) is 22.0. The summed E-state index contributed by atoms with van der Waals surface area (Å²) in [6.07, 6.45) is 6.40. The number of aliphatic carboxylic acids is 1. The Kier molecular flexibility index (Phi) is 6.67. The first-order valence-corrected chi connectivity index (χ1v) is 13.6. The van der Waals surface area contributed by atoms with Crippen LogP contribution in [0.15, 0.2) is 54.1 Å². The SMILES string of the molecule is Cc1nc(CCCCN2CCCC2=O)ccc1-c1ccc(F)c(COc2ccc3c(c2)C=C2[C@H](C(=O)O)[C@H]23)c1. The predicted octanol–water partition coefficient (Wildman–Crippen LogP) is 5.92. The van der Waals surface area contributed by atoms with E-state index >= 15 is 0 Å². The van der Waals surface area contributed by atoms with Crippen LogP contribution in [0.2, 0.25) is 0 Å². The summed E-state index contributed by atoms with van der Waals surface area (Å²) >= 11 is 0. The Morgan fingerprint density at radius 3 is 2.79 bits per heavy atom. The summed E-state index contributed by atoms with van der Waals surface area (Å²) in [7, 11) is 0. The quantitative estimate of drug-likeness (QED) is 0.332. The Balaban J connectivity index is 1.08. The van der Waals surface area contributed by atoms with Crippen LogP contribution >= 0.6 is 0 Å². The number of carbonyl (C=O) groups is 2. The molecular weight excluding hydrogens is 495 g/mol. The first kappa shape index (κ1) is 25.3. The van der Waals surface area contributed by atoms with E-state index in [0.717, 1.165) is 78.0 Å². The van der Waals surface area contributed by atoms with Gasteiger partial charge in [0.2, 0.25) is 5.91 Å². The zero-order valence-corrected chi connectivity index (χ0v) is 22.0. The number of hydrogen-bond donors (Lipinski definition) is 1. The molecule has 0 radical (unpaired) electrons. The number of pyridine rings is 1. The van der Waals surface area contributed by atoms with Gasteiger partial charge in [0.1, 0.15) is 18.2 Å². The average molecular weight is 527 g/mol. The number of hydrogen-bond acceptors (Lipinski definition) is 4. The minimum Gasteiger partial charge on any atom is -0.489 e. The number of amides is 1. The lowest BCUT2D eigenvalue weighted by Crippen LogP contribution is -2.25. The van der Waals surface area contributed by atoms with Crippen molar-refractivity contribution in [1.82, 2.24) is 9.88 Å². The van der Waals surface area contributed by atoms with Crippen molar-refractivity contribution >= 4 is 18.0 Å². The fourth-order valence-corrected chi connectivity index (χ4v) is 5.96. The highest BCUT2D eigenvalue weighted by Gasteiger charge is 2.53. The molecule has 2 aliphatic carbocycles. The molecule has 3 aliphatic rings. The van der Waals surface area contributed by atoms with E-state index in [4.69, 9.17) is 9.72 Å². The first-order chi connectivity index (χ1) is 18.9. The Labute approximate surface area is 227 Å². The van der Waals surface area contributed by atoms with E-state index in [9.17, 15) is 19.1 Å². The molecule has 2 heterocycles. The van der Waals surface area contributed by atoms with Crippen molar-refractivity contribution < 1.29 is 23.8 Å². The fraction of sp³-hybridized carbons (Fsp3) is 0.344. The molecule has 2 atom stereocenters. The van der Waals surface area contributed by atoms with Crippen molar-refractivity contribution in [3.63, 3.8) is 0 Å². The Hall–Kier alpha value is -4.00. The van der Waals surface area contributed by atoms with Crippen molar-refractivity contribution in [2.45, 2.75) is 51.6 Å². The van der Waals surface area contributed by atoms with Crippen molar-refractivity contribution in [2.24, 2.45) is 5.92 Å². The molecule has 200 valence electrons. The lowest BCUT2D eigenvalue weighted by molar-refractivity contribution is -0.138. The summed E-state index contributed by atoms with van der Waals surface area (Å²) in [5.74, 6) is -0.607. The first-order valence-electron chi connectivity index (χ1n) is 13.6. The summed E-state index contributed by atoms with van der Waals surface area (Å²) in [5, 5.41) is 9.28. The molecule has 3 aromatic rings. The maximum atomic E-state index is 14.7. The standard InChI is InChI=1S/C32H31FN2O4/c1-19-25(10-8-23(34-19)5-2-3-13-35-14-4-6-29(35)36)20-7-12-28(33)22(15-20)18-39-24-9-11-26-21(16-24)17-27-30(26)31(27)32(37)38/h7-12,15-17,30-31H,2-6,13-14,18H2,1H3,(H,37,38)/t30-,31-/m0/s1. The van der Waals surface area contributed by atoms with Gasteiger partial charge in [-0.2, -0.15) is 0 Å².